The van der Waals surface area contributed by atoms with Gasteiger partial charge in [0.05, 0.1) is 4.53 Å². The number of aromatic nitrogens is 3. The Bertz CT molecular complexity index is 1240. The van der Waals surface area contributed by atoms with E-state index >= 15 is 0 Å². The maximum atomic E-state index is 12.8. The average molecular weight is 375 g/mol. The van der Waals surface area contributed by atoms with E-state index < -0.39 is 0 Å². The molecule has 6 heteroatoms. The zero-order chi connectivity index (χ0) is 18.8. The largest absolute Gasteiger partial charge is 0.489 e. The van der Waals surface area contributed by atoms with Crippen molar-refractivity contribution in [2.75, 3.05) is 6.61 Å². The van der Waals surface area contributed by atoms with E-state index in [-0.39, 0.29) is 5.56 Å². The monoisotopic (exact) mass is 375 g/mol. The number of hydrogen-bond donors (Lipinski definition) is 0. The van der Waals surface area contributed by atoms with Gasteiger partial charge in [-0.15, -0.1) is 5.10 Å². The van der Waals surface area contributed by atoms with Gasteiger partial charge < -0.3 is 4.74 Å². The van der Waals surface area contributed by atoms with Crippen LogP contribution in [-0.2, 0) is 0 Å². The first-order chi connectivity index (χ1) is 13.2. The van der Waals surface area contributed by atoms with Crippen LogP contribution in [0.2, 0.25) is 0 Å². The van der Waals surface area contributed by atoms with E-state index in [0.717, 1.165) is 16.7 Å². The third-order valence-electron chi connectivity index (χ3n) is 4.02. The smallest absolute Gasteiger partial charge is 0.291 e. The van der Waals surface area contributed by atoms with E-state index in [1.165, 1.54) is 15.9 Å². The molecule has 134 valence electrons. The quantitative estimate of drug-likeness (QED) is 0.503. The molecule has 0 aliphatic rings. The molecule has 27 heavy (non-hydrogen) atoms. The van der Waals surface area contributed by atoms with Crippen molar-refractivity contribution in [1.29, 1.82) is 0 Å². The van der Waals surface area contributed by atoms with Crippen LogP contribution in [0.1, 0.15) is 11.1 Å². The van der Waals surface area contributed by atoms with Crippen molar-refractivity contribution >= 4 is 22.4 Å². The predicted molar refractivity (Wildman–Crippen MR) is 108 cm³/mol. The average Bonchev–Trinajstić information content (AvgIpc) is 3.21. The Balaban J connectivity index is 1.78. The number of para-hydroxylation sites is 1. The fourth-order valence-electron chi connectivity index (χ4n) is 2.76. The Kier molecular flexibility index (Phi) is 4.56. The Morgan fingerprint density at radius 2 is 2.07 bits per heavy atom. The highest BCUT2D eigenvalue weighted by molar-refractivity contribution is 7.15. The maximum absolute atomic E-state index is 12.8. The van der Waals surface area contributed by atoms with E-state index in [1.54, 1.807) is 6.08 Å². The van der Waals surface area contributed by atoms with Gasteiger partial charge in [0.15, 0.2) is 5.82 Å². The molecule has 0 saturated heterocycles. The molecule has 0 aliphatic heterocycles. The summed E-state index contributed by atoms with van der Waals surface area (Å²) in [6, 6.07) is 15.5. The summed E-state index contributed by atoms with van der Waals surface area (Å²) in [5, 5.41) is 4.40. The van der Waals surface area contributed by atoms with Crippen LogP contribution >= 0.6 is 11.3 Å². The summed E-state index contributed by atoms with van der Waals surface area (Å²) in [6.45, 7) is 6.08. The predicted octanol–water partition coefficient (Wildman–Crippen LogP) is 3.24. The molecule has 0 N–H and O–H groups in total. The highest BCUT2D eigenvalue weighted by Gasteiger charge is 2.12. The Morgan fingerprint density at radius 1 is 1.22 bits per heavy atom. The molecule has 2 heterocycles. The van der Waals surface area contributed by atoms with Crippen molar-refractivity contribution in [2.24, 2.45) is 0 Å². The number of ether oxygens (including phenoxy) is 1. The molecular weight excluding hydrogens is 358 g/mol. The van der Waals surface area contributed by atoms with Gasteiger partial charge in [-0.05, 0) is 25.1 Å². The summed E-state index contributed by atoms with van der Waals surface area (Å²) < 4.78 is 7.59. The number of thiazole rings is 1. The topological polar surface area (TPSA) is 56.5 Å². The van der Waals surface area contributed by atoms with Crippen molar-refractivity contribution < 1.29 is 4.74 Å². The van der Waals surface area contributed by atoms with Crippen molar-refractivity contribution in [2.45, 2.75) is 6.92 Å². The second-order valence-electron chi connectivity index (χ2n) is 6.05. The van der Waals surface area contributed by atoms with Gasteiger partial charge in [0.2, 0.25) is 4.96 Å². The number of fused-ring (bicyclic) bond motifs is 1. The first-order valence-corrected chi connectivity index (χ1v) is 9.28. The van der Waals surface area contributed by atoms with Gasteiger partial charge in [-0.1, -0.05) is 66.0 Å². The molecule has 0 spiro atoms. The van der Waals surface area contributed by atoms with E-state index in [9.17, 15) is 4.79 Å². The van der Waals surface area contributed by atoms with Gasteiger partial charge in [-0.3, -0.25) is 4.79 Å². The molecule has 0 radical (unpaired) electrons. The zero-order valence-electron chi connectivity index (χ0n) is 14.8. The summed E-state index contributed by atoms with van der Waals surface area (Å²) in [4.78, 5) is 17.9. The summed E-state index contributed by atoms with van der Waals surface area (Å²) in [5.41, 5.74) is 2.68. The number of nitrogens with zero attached hydrogens (tertiary/aromatic N) is 3. The molecular formula is C21H17N3O2S. The van der Waals surface area contributed by atoms with Gasteiger partial charge in [-0.2, -0.15) is 9.50 Å². The van der Waals surface area contributed by atoms with Gasteiger partial charge in [0.1, 0.15) is 12.4 Å². The Morgan fingerprint density at radius 3 is 2.85 bits per heavy atom. The summed E-state index contributed by atoms with van der Waals surface area (Å²) in [5.74, 6) is 1.26. The summed E-state index contributed by atoms with van der Waals surface area (Å²) in [6.07, 6.45) is 3.50. The molecule has 4 rings (SSSR count). The molecule has 0 atom stereocenters. The minimum Gasteiger partial charge on any atom is -0.489 e. The van der Waals surface area contributed by atoms with Gasteiger partial charge >= 0.3 is 0 Å². The molecule has 0 fully saturated rings. The zero-order valence-corrected chi connectivity index (χ0v) is 15.6. The number of rotatable bonds is 5. The molecule has 0 amide bonds. The van der Waals surface area contributed by atoms with Crippen LogP contribution in [0.5, 0.6) is 5.75 Å². The molecule has 2 aromatic heterocycles. The van der Waals surface area contributed by atoms with E-state index in [0.29, 0.717) is 27.7 Å². The molecule has 5 nitrogen and oxygen atoms in total. The number of benzene rings is 2. The second kappa shape index (κ2) is 7.17. The lowest BCUT2D eigenvalue weighted by Crippen LogP contribution is -2.23. The first-order valence-electron chi connectivity index (χ1n) is 8.47. The van der Waals surface area contributed by atoms with Crippen molar-refractivity contribution in [3.8, 4) is 17.1 Å². The lowest BCUT2D eigenvalue weighted by atomic mass is 10.1. The molecule has 0 saturated carbocycles. The summed E-state index contributed by atoms with van der Waals surface area (Å²) >= 11 is 1.32. The van der Waals surface area contributed by atoms with E-state index in [2.05, 4.69) is 16.7 Å². The minimum atomic E-state index is -0.181. The fraction of sp³-hybridized carbons (Fsp3) is 0.0952. The standard InChI is InChI=1S/C21H17N3O2S/c1-3-11-26-17-10-5-4-8-15(17)13-18-20(25)24-21(27-18)22-19(23-24)16-9-6-7-14(2)12-16/h3-10,12-13H,1,11H2,2H3/b18-13-. The normalized spacial score (nSPS) is 11.8. The molecule has 0 unspecified atom stereocenters. The van der Waals surface area contributed by atoms with E-state index in [4.69, 9.17) is 4.74 Å². The van der Waals surface area contributed by atoms with Crippen molar-refractivity contribution in [1.82, 2.24) is 14.6 Å². The van der Waals surface area contributed by atoms with Crippen LogP contribution in [0, 0.1) is 6.92 Å². The Labute approximate surface area is 159 Å². The molecule has 0 bridgehead atoms. The molecule has 2 aromatic carbocycles. The SMILES string of the molecule is C=CCOc1ccccc1/C=c1\sc2nc(-c3cccc(C)c3)nn2c1=O. The van der Waals surface area contributed by atoms with Crippen LogP contribution in [0.25, 0.3) is 22.4 Å². The molecule has 0 aliphatic carbocycles. The highest BCUT2D eigenvalue weighted by atomic mass is 32.1. The van der Waals surface area contributed by atoms with Gasteiger partial charge in [-0.25, -0.2) is 0 Å². The van der Waals surface area contributed by atoms with Crippen LogP contribution < -0.4 is 14.8 Å². The number of hydrogen-bond acceptors (Lipinski definition) is 5. The first kappa shape index (κ1) is 17.2. The summed E-state index contributed by atoms with van der Waals surface area (Å²) in [7, 11) is 0. The van der Waals surface area contributed by atoms with E-state index in [1.807, 2.05) is 61.5 Å². The van der Waals surface area contributed by atoms with Gasteiger partial charge in [0.25, 0.3) is 5.56 Å². The fourth-order valence-corrected chi connectivity index (χ4v) is 3.66. The second-order valence-corrected chi connectivity index (χ2v) is 7.06. The van der Waals surface area contributed by atoms with Crippen LogP contribution in [0.3, 0.4) is 0 Å². The maximum Gasteiger partial charge on any atom is 0.291 e. The van der Waals surface area contributed by atoms with Crippen LogP contribution in [0.4, 0.5) is 0 Å². The lowest BCUT2D eigenvalue weighted by molar-refractivity contribution is 0.362. The third kappa shape index (κ3) is 3.39. The van der Waals surface area contributed by atoms with Crippen molar-refractivity contribution in [3.05, 3.63) is 87.2 Å². The van der Waals surface area contributed by atoms with Crippen molar-refractivity contribution in [3.63, 3.8) is 0 Å². The highest BCUT2D eigenvalue weighted by Crippen LogP contribution is 2.20. The van der Waals surface area contributed by atoms with Gasteiger partial charge in [0, 0.05) is 11.1 Å². The third-order valence-corrected chi connectivity index (χ3v) is 4.98. The molecule has 4 aromatic rings. The Hall–Kier alpha value is -3.25. The van der Waals surface area contributed by atoms with Crippen LogP contribution in [0.15, 0.2) is 66.0 Å². The minimum absolute atomic E-state index is 0.181. The lowest BCUT2D eigenvalue weighted by Gasteiger charge is -2.05. The number of aryl methyl sites for hydroxylation is 1. The van der Waals surface area contributed by atoms with Crippen LogP contribution in [-0.4, -0.2) is 21.2 Å².